The third kappa shape index (κ3) is 3.00. The fourth-order valence-corrected chi connectivity index (χ4v) is 2.74. The van der Waals surface area contributed by atoms with Crippen LogP contribution in [0.3, 0.4) is 0 Å². The SMILES string of the molecule is CC1CN(Cc2c(C(=O)O)nnn2-c2nonc2N)CC(C)O1. The predicted octanol–water partition coefficient (Wildman–Crippen LogP) is -0.460. The summed E-state index contributed by atoms with van der Waals surface area (Å²) in [7, 11) is 0. The third-order valence-electron chi connectivity index (χ3n) is 3.53. The van der Waals surface area contributed by atoms with E-state index >= 15 is 0 Å². The van der Waals surface area contributed by atoms with Crippen LogP contribution in [0.5, 0.6) is 0 Å². The lowest BCUT2D eigenvalue weighted by molar-refractivity contribution is -0.0709. The van der Waals surface area contributed by atoms with Crippen molar-refractivity contribution in [3.05, 3.63) is 11.4 Å². The van der Waals surface area contributed by atoms with Gasteiger partial charge in [-0.2, -0.15) is 4.68 Å². The number of aromatic nitrogens is 5. The van der Waals surface area contributed by atoms with Crippen molar-refractivity contribution in [2.45, 2.75) is 32.6 Å². The monoisotopic (exact) mass is 323 g/mol. The first kappa shape index (κ1) is 15.4. The number of carboxylic acids is 1. The van der Waals surface area contributed by atoms with Gasteiger partial charge in [-0.25, -0.2) is 9.42 Å². The number of ether oxygens (including phenoxy) is 1. The molecule has 0 aliphatic carbocycles. The third-order valence-corrected chi connectivity index (χ3v) is 3.53. The molecule has 0 bridgehead atoms. The summed E-state index contributed by atoms with van der Waals surface area (Å²) in [6.07, 6.45) is 0.102. The minimum Gasteiger partial charge on any atom is -0.476 e. The Hall–Kier alpha value is -2.53. The minimum atomic E-state index is -1.17. The van der Waals surface area contributed by atoms with Gasteiger partial charge in [0.15, 0.2) is 5.69 Å². The summed E-state index contributed by atoms with van der Waals surface area (Å²) in [6, 6.07) is 0. The molecule has 124 valence electrons. The quantitative estimate of drug-likeness (QED) is 0.757. The highest BCUT2D eigenvalue weighted by Gasteiger charge is 2.28. The number of aromatic carboxylic acids is 1. The lowest BCUT2D eigenvalue weighted by atomic mass is 10.2. The highest BCUT2D eigenvalue weighted by atomic mass is 16.6. The molecule has 2 aromatic heterocycles. The number of morpholine rings is 1. The largest absolute Gasteiger partial charge is 0.476 e. The molecule has 1 saturated heterocycles. The van der Waals surface area contributed by atoms with E-state index in [0.717, 1.165) is 0 Å². The Morgan fingerprint density at radius 3 is 2.61 bits per heavy atom. The molecule has 11 heteroatoms. The molecule has 2 atom stereocenters. The van der Waals surface area contributed by atoms with E-state index in [2.05, 4.69) is 30.2 Å². The summed E-state index contributed by atoms with van der Waals surface area (Å²) < 4.78 is 11.5. The van der Waals surface area contributed by atoms with Gasteiger partial charge < -0.3 is 15.6 Å². The van der Waals surface area contributed by atoms with Crippen molar-refractivity contribution < 1.29 is 19.3 Å². The van der Waals surface area contributed by atoms with Gasteiger partial charge >= 0.3 is 5.97 Å². The molecule has 3 N–H and O–H groups in total. The number of hydrogen-bond acceptors (Lipinski definition) is 9. The van der Waals surface area contributed by atoms with Crippen LogP contribution in [0.4, 0.5) is 5.82 Å². The summed E-state index contributed by atoms with van der Waals surface area (Å²) in [5.74, 6) is -1.04. The molecule has 11 nitrogen and oxygen atoms in total. The summed E-state index contributed by atoms with van der Waals surface area (Å²) in [6.45, 7) is 5.59. The average molecular weight is 323 g/mol. The summed E-state index contributed by atoms with van der Waals surface area (Å²) in [5, 5.41) is 24.0. The second kappa shape index (κ2) is 5.93. The number of nitrogens with two attached hydrogens (primary N) is 1. The molecule has 1 fully saturated rings. The van der Waals surface area contributed by atoms with E-state index in [0.29, 0.717) is 25.3 Å². The van der Waals surface area contributed by atoms with Gasteiger partial charge in [0.2, 0.25) is 11.6 Å². The summed E-state index contributed by atoms with van der Waals surface area (Å²) in [4.78, 5) is 13.5. The van der Waals surface area contributed by atoms with Crippen molar-refractivity contribution >= 4 is 11.8 Å². The number of nitrogens with zero attached hydrogens (tertiary/aromatic N) is 6. The van der Waals surface area contributed by atoms with Crippen LogP contribution < -0.4 is 5.73 Å². The van der Waals surface area contributed by atoms with E-state index in [9.17, 15) is 9.90 Å². The van der Waals surface area contributed by atoms with Gasteiger partial charge in [-0.3, -0.25) is 4.90 Å². The Morgan fingerprint density at radius 2 is 2.04 bits per heavy atom. The second-order valence-electron chi connectivity index (χ2n) is 5.53. The van der Waals surface area contributed by atoms with E-state index < -0.39 is 5.97 Å². The maximum Gasteiger partial charge on any atom is 0.358 e. The van der Waals surface area contributed by atoms with E-state index in [1.54, 1.807) is 0 Å². The van der Waals surface area contributed by atoms with Crippen molar-refractivity contribution in [1.82, 2.24) is 30.2 Å². The van der Waals surface area contributed by atoms with E-state index in [1.807, 2.05) is 13.8 Å². The molecule has 3 heterocycles. The predicted molar refractivity (Wildman–Crippen MR) is 75.9 cm³/mol. The molecular formula is C12H17N7O4. The first-order valence-electron chi connectivity index (χ1n) is 7.09. The van der Waals surface area contributed by atoms with Gasteiger partial charge in [-0.1, -0.05) is 5.21 Å². The van der Waals surface area contributed by atoms with Gasteiger partial charge in [0.05, 0.1) is 17.9 Å². The Morgan fingerprint density at radius 1 is 1.35 bits per heavy atom. The van der Waals surface area contributed by atoms with Crippen molar-refractivity contribution in [3.8, 4) is 5.82 Å². The molecule has 23 heavy (non-hydrogen) atoms. The highest BCUT2D eigenvalue weighted by molar-refractivity contribution is 5.86. The maximum atomic E-state index is 11.4. The van der Waals surface area contributed by atoms with Gasteiger partial charge in [0, 0.05) is 19.6 Å². The number of nitrogen functional groups attached to an aromatic ring is 1. The van der Waals surface area contributed by atoms with Crippen LogP contribution in [0.25, 0.3) is 5.82 Å². The van der Waals surface area contributed by atoms with Crippen molar-refractivity contribution in [2.24, 2.45) is 0 Å². The first-order chi connectivity index (χ1) is 11.0. The number of carboxylic acid groups (broad SMARTS) is 1. The Balaban J connectivity index is 1.95. The second-order valence-corrected chi connectivity index (χ2v) is 5.53. The molecule has 0 aromatic carbocycles. The number of hydrogen-bond donors (Lipinski definition) is 2. The number of rotatable bonds is 4. The molecule has 0 amide bonds. The van der Waals surface area contributed by atoms with Crippen LogP contribution in [0.1, 0.15) is 30.0 Å². The Labute approximate surface area is 131 Å². The molecule has 3 rings (SSSR count). The number of carbonyl (C=O) groups is 1. The molecule has 0 spiro atoms. The molecule has 0 saturated carbocycles. The topological polar surface area (TPSA) is 145 Å². The van der Waals surface area contributed by atoms with E-state index in [4.69, 9.17) is 10.5 Å². The number of anilines is 1. The first-order valence-corrected chi connectivity index (χ1v) is 7.09. The smallest absolute Gasteiger partial charge is 0.358 e. The van der Waals surface area contributed by atoms with Crippen molar-refractivity contribution in [2.75, 3.05) is 18.8 Å². The van der Waals surface area contributed by atoms with Crippen LogP contribution in [0.15, 0.2) is 4.63 Å². The molecule has 2 unspecified atom stereocenters. The molecule has 2 aromatic rings. The van der Waals surface area contributed by atoms with Crippen LogP contribution >= 0.6 is 0 Å². The Kier molecular flexibility index (Phi) is 3.96. The standard InChI is InChI=1S/C12H17N7O4/c1-6-3-18(4-7(2)22-6)5-8-9(12(20)21)14-17-19(8)11-10(13)15-23-16-11/h6-7H,3-5H2,1-2H3,(H2,13,15)(H,20,21). The normalized spacial score (nSPS) is 22.3. The average Bonchev–Trinajstić information content (AvgIpc) is 3.03. The molecule has 1 aliphatic heterocycles. The van der Waals surface area contributed by atoms with Gasteiger partial charge in [-0.15, -0.1) is 5.10 Å². The highest BCUT2D eigenvalue weighted by Crippen LogP contribution is 2.20. The van der Waals surface area contributed by atoms with Gasteiger partial charge in [0.25, 0.3) is 0 Å². The zero-order chi connectivity index (χ0) is 16.6. The zero-order valence-corrected chi connectivity index (χ0v) is 12.7. The van der Waals surface area contributed by atoms with Gasteiger partial charge in [0.1, 0.15) is 0 Å². The van der Waals surface area contributed by atoms with E-state index in [1.165, 1.54) is 4.68 Å². The summed E-state index contributed by atoms with van der Waals surface area (Å²) >= 11 is 0. The lowest BCUT2D eigenvalue weighted by Crippen LogP contribution is -2.45. The Bertz CT molecular complexity index is 702. The van der Waals surface area contributed by atoms with Crippen molar-refractivity contribution in [1.29, 1.82) is 0 Å². The summed E-state index contributed by atoms with van der Waals surface area (Å²) in [5.41, 5.74) is 5.88. The fourth-order valence-electron chi connectivity index (χ4n) is 2.74. The molecule has 1 aliphatic rings. The van der Waals surface area contributed by atoms with E-state index in [-0.39, 0.29) is 29.5 Å². The van der Waals surface area contributed by atoms with Gasteiger partial charge in [-0.05, 0) is 24.2 Å². The minimum absolute atomic E-state index is 0.0109. The fraction of sp³-hybridized carbons (Fsp3) is 0.583. The zero-order valence-electron chi connectivity index (χ0n) is 12.7. The van der Waals surface area contributed by atoms with Crippen LogP contribution in [0.2, 0.25) is 0 Å². The maximum absolute atomic E-state index is 11.4. The molecule has 0 radical (unpaired) electrons. The van der Waals surface area contributed by atoms with Crippen LogP contribution in [-0.4, -0.2) is 66.6 Å². The lowest BCUT2D eigenvalue weighted by Gasteiger charge is -2.35. The van der Waals surface area contributed by atoms with Crippen LogP contribution in [-0.2, 0) is 11.3 Å². The molecular weight excluding hydrogens is 306 g/mol. The van der Waals surface area contributed by atoms with Crippen LogP contribution in [0, 0.1) is 0 Å². The van der Waals surface area contributed by atoms with Crippen molar-refractivity contribution in [3.63, 3.8) is 0 Å².